The number of piperidine rings is 1. The largest absolute Gasteiger partial charge is 0.454 e. The van der Waals surface area contributed by atoms with Crippen molar-refractivity contribution in [3.05, 3.63) is 23.8 Å². The zero-order valence-corrected chi connectivity index (χ0v) is 14.1. The smallest absolute Gasteiger partial charge is 0.257 e. The molecule has 2 fully saturated rings. The Bertz CT molecular complexity index is 685. The van der Waals surface area contributed by atoms with E-state index in [2.05, 4.69) is 4.90 Å². The number of nitrogens with zero attached hydrogens (tertiary/aromatic N) is 2. The van der Waals surface area contributed by atoms with Gasteiger partial charge < -0.3 is 20.1 Å². The number of para-hydroxylation sites is 1. The van der Waals surface area contributed by atoms with Gasteiger partial charge in [0.1, 0.15) is 0 Å². The van der Waals surface area contributed by atoms with Crippen molar-refractivity contribution in [2.24, 2.45) is 5.73 Å². The first kappa shape index (κ1) is 16.2. The lowest BCUT2D eigenvalue weighted by Gasteiger charge is -2.38. The van der Waals surface area contributed by atoms with Crippen LogP contribution in [0.1, 0.15) is 36.0 Å². The molecule has 2 amide bonds. The first-order valence-electron chi connectivity index (χ1n) is 8.88. The Hall–Kier alpha value is -2.28. The lowest BCUT2D eigenvalue weighted by molar-refractivity contribution is -0.123. The molecule has 134 valence electrons. The van der Waals surface area contributed by atoms with E-state index in [1.54, 1.807) is 6.07 Å². The van der Waals surface area contributed by atoms with E-state index in [-0.39, 0.29) is 24.6 Å². The Morgan fingerprint density at radius 1 is 1.08 bits per heavy atom. The SMILES string of the molecule is NC(=O)[C@@H]1CCCN1C1CCN(C(=O)c2cccc3c2OCO3)CC1. The van der Waals surface area contributed by atoms with Gasteiger partial charge in [0.05, 0.1) is 11.6 Å². The molecule has 3 aliphatic rings. The fraction of sp³-hybridized carbons (Fsp3) is 0.556. The summed E-state index contributed by atoms with van der Waals surface area (Å²) in [5.41, 5.74) is 6.09. The van der Waals surface area contributed by atoms with Crippen molar-refractivity contribution in [1.29, 1.82) is 0 Å². The van der Waals surface area contributed by atoms with Crippen LogP contribution in [-0.2, 0) is 4.79 Å². The minimum absolute atomic E-state index is 0.0197. The quantitative estimate of drug-likeness (QED) is 0.882. The number of carbonyl (C=O) groups excluding carboxylic acids is 2. The molecule has 4 rings (SSSR count). The highest BCUT2D eigenvalue weighted by Crippen LogP contribution is 2.36. The van der Waals surface area contributed by atoms with Crippen LogP contribution in [0.5, 0.6) is 11.5 Å². The molecule has 0 unspecified atom stereocenters. The minimum Gasteiger partial charge on any atom is -0.454 e. The van der Waals surface area contributed by atoms with Crippen molar-refractivity contribution in [3.8, 4) is 11.5 Å². The molecule has 0 bridgehead atoms. The van der Waals surface area contributed by atoms with Gasteiger partial charge in [-0.25, -0.2) is 0 Å². The van der Waals surface area contributed by atoms with E-state index in [9.17, 15) is 9.59 Å². The summed E-state index contributed by atoms with van der Waals surface area (Å²) in [4.78, 5) is 28.6. The summed E-state index contributed by atoms with van der Waals surface area (Å²) in [5, 5.41) is 0. The summed E-state index contributed by atoms with van der Waals surface area (Å²) in [6.45, 7) is 2.43. The Labute approximate surface area is 146 Å². The van der Waals surface area contributed by atoms with Crippen molar-refractivity contribution in [1.82, 2.24) is 9.80 Å². The number of likely N-dealkylation sites (tertiary alicyclic amines) is 2. The van der Waals surface area contributed by atoms with Crippen LogP contribution in [0.3, 0.4) is 0 Å². The second-order valence-corrected chi connectivity index (χ2v) is 6.86. The highest BCUT2D eigenvalue weighted by molar-refractivity contribution is 5.98. The van der Waals surface area contributed by atoms with E-state index < -0.39 is 0 Å². The van der Waals surface area contributed by atoms with E-state index in [1.165, 1.54) is 0 Å². The Kier molecular flexibility index (Phi) is 4.25. The number of primary amides is 1. The third-order valence-corrected chi connectivity index (χ3v) is 5.47. The predicted octanol–water partition coefficient (Wildman–Crippen LogP) is 0.970. The topological polar surface area (TPSA) is 85.1 Å². The molecule has 0 radical (unpaired) electrons. The van der Waals surface area contributed by atoms with Crippen LogP contribution in [0.25, 0.3) is 0 Å². The summed E-state index contributed by atoms with van der Waals surface area (Å²) in [7, 11) is 0. The summed E-state index contributed by atoms with van der Waals surface area (Å²) < 4.78 is 10.8. The normalized spacial score (nSPS) is 23.8. The molecular weight excluding hydrogens is 322 g/mol. The number of hydrogen-bond acceptors (Lipinski definition) is 5. The fourth-order valence-electron chi connectivity index (χ4n) is 4.20. The van der Waals surface area contributed by atoms with Crippen LogP contribution >= 0.6 is 0 Å². The predicted molar refractivity (Wildman–Crippen MR) is 90.4 cm³/mol. The number of carbonyl (C=O) groups is 2. The zero-order valence-electron chi connectivity index (χ0n) is 14.1. The van der Waals surface area contributed by atoms with Crippen LogP contribution in [0.4, 0.5) is 0 Å². The van der Waals surface area contributed by atoms with Crippen molar-refractivity contribution in [2.45, 2.75) is 37.8 Å². The van der Waals surface area contributed by atoms with Gasteiger partial charge in [0.15, 0.2) is 11.5 Å². The third-order valence-electron chi connectivity index (χ3n) is 5.47. The van der Waals surface area contributed by atoms with E-state index in [0.717, 1.165) is 32.2 Å². The zero-order chi connectivity index (χ0) is 17.4. The van der Waals surface area contributed by atoms with Crippen LogP contribution in [0.15, 0.2) is 18.2 Å². The number of hydrogen-bond donors (Lipinski definition) is 1. The van der Waals surface area contributed by atoms with Crippen molar-refractivity contribution in [2.75, 3.05) is 26.4 Å². The molecule has 0 aromatic heterocycles. The number of benzene rings is 1. The summed E-state index contributed by atoms with van der Waals surface area (Å²) in [6, 6.07) is 5.59. The number of fused-ring (bicyclic) bond motifs is 1. The molecule has 2 saturated heterocycles. The fourth-order valence-corrected chi connectivity index (χ4v) is 4.20. The van der Waals surface area contributed by atoms with Gasteiger partial charge in [-0.1, -0.05) is 6.07 Å². The Morgan fingerprint density at radius 2 is 1.88 bits per heavy atom. The van der Waals surface area contributed by atoms with Crippen LogP contribution in [0, 0.1) is 0 Å². The van der Waals surface area contributed by atoms with Gasteiger partial charge in [0.25, 0.3) is 5.91 Å². The number of amides is 2. The first-order valence-corrected chi connectivity index (χ1v) is 8.88. The van der Waals surface area contributed by atoms with E-state index >= 15 is 0 Å². The van der Waals surface area contributed by atoms with Gasteiger partial charge in [-0.3, -0.25) is 14.5 Å². The van der Waals surface area contributed by atoms with Crippen LogP contribution in [-0.4, -0.2) is 60.1 Å². The van der Waals surface area contributed by atoms with Crippen molar-refractivity contribution in [3.63, 3.8) is 0 Å². The first-order chi connectivity index (χ1) is 12.1. The highest BCUT2D eigenvalue weighted by Gasteiger charge is 2.37. The number of nitrogens with two attached hydrogens (primary N) is 1. The van der Waals surface area contributed by atoms with Gasteiger partial charge in [-0.05, 0) is 44.4 Å². The monoisotopic (exact) mass is 345 g/mol. The lowest BCUT2D eigenvalue weighted by Crippen LogP contribution is -2.51. The molecule has 7 nitrogen and oxygen atoms in total. The molecule has 3 aliphatic heterocycles. The van der Waals surface area contributed by atoms with Crippen molar-refractivity contribution >= 4 is 11.8 Å². The molecule has 0 saturated carbocycles. The van der Waals surface area contributed by atoms with E-state index in [1.807, 2.05) is 17.0 Å². The van der Waals surface area contributed by atoms with E-state index in [0.29, 0.717) is 36.2 Å². The molecule has 1 aromatic rings. The summed E-state index contributed by atoms with van der Waals surface area (Å²) in [6.07, 6.45) is 3.59. The maximum absolute atomic E-state index is 12.9. The number of rotatable bonds is 3. The van der Waals surface area contributed by atoms with Gasteiger partial charge in [-0.15, -0.1) is 0 Å². The van der Waals surface area contributed by atoms with E-state index in [4.69, 9.17) is 15.2 Å². The molecule has 2 N–H and O–H groups in total. The Balaban J connectivity index is 1.41. The highest BCUT2D eigenvalue weighted by atomic mass is 16.7. The maximum atomic E-state index is 12.9. The molecule has 1 aromatic carbocycles. The lowest BCUT2D eigenvalue weighted by atomic mass is 10.0. The van der Waals surface area contributed by atoms with Gasteiger partial charge in [0.2, 0.25) is 12.7 Å². The average Bonchev–Trinajstić information content (AvgIpc) is 3.30. The molecule has 25 heavy (non-hydrogen) atoms. The molecule has 7 heteroatoms. The van der Waals surface area contributed by atoms with Gasteiger partial charge >= 0.3 is 0 Å². The standard InChI is InChI=1S/C18H23N3O4/c19-17(22)14-4-2-8-21(14)12-6-9-20(10-7-12)18(23)13-3-1-5-15-16(13)25-11-24-15/h1,3,5,12,14H,2,4,6-11H2,(H2,19,22)/t14-/m0/s1. The minimum atomic E-state index is -0.229. The maximum Gasteiger partial charge on any atom is 0.257 e. The molecule has 3 heterocycles. The van der Waals surface area contributed by atoms with Crippen molar-refractivity contribution < 1.29 is 19.1 Å². The Morgan fingerprint density at radius 3 is 2.64 bits per heavy atom. The van der Waals surface area contributed by atoms with Gasteiger partial charge in [-0.2, -0.15) is 0 Å². The third kappa shape index (κ3) is 2.93. The average molecular weight is 345 g/mol. The van der Waals surface area contributed by atoms with Gasteiger partial charge in [0, 0.05) is 19.1 Å². The molecule has 0 aliphatic carbocycles. The molecule has 0 spiro atoms. The molecule has 1 atom stereocenters. The van der Waals surface area contributed by atoms with Crippen LogP contribution < -0.4 is 15.2 Å². The molecular formula is C18H23N3O4. The number of ether oxygens (including phenoxy) is 2. The summed E-state index contributed by atoms with van der Waals surface area (Å²) >= 11 is 0. The van der Waals surface area contributed by atoms with Crippen LogP contribution in [0.2, 0.25) is 0 Å². The summed E-state index contributed by atoms with van der Waals surface area (Å²) in [5.74, 6) is 0.923. The second-order valence-electron chi connectivity index (χ2n) is 6.86. The second kappa shape index (κ2) is 6.55.